The summed E-state index contributed by atoms with van der Waals surface area (Å²) < 4.78 is 18.5. The molecule has 0 aliphatic carbocycles. The normalized spacial score (nSPS) is 16.0. The van der Waals surface area contributed by atoms with Crippen molar-refractivity contribution in [2.75, 3.05) is 39.9 Å². The van der Waals surface area contributed by atoms with Crippen molar-refractivity contribution in [2.24, 2.45) is 4.99 Å². The summed E-state index contributed by atoms with van der Waals surface area (Å²) in [5.41, 5.74) is 2.15. The van der Waals surface area contributed by atoms with Crippen LogP contribution >= 0.6 is 35.6 Å². The SMILES string of the molecule is CN=C(NCc1ccc(F)cc1)NCC(c1cccc(Cl)c1)N1CCOCC1.I. The van der Waals surface area contributed by atoms with Crippen LogP contribution in [0.1, 0.15) is 17.2 Å². The van der Waals surface area contributed by atoms with E-state index in [1.807, 2.05) is 18.2 Å². The number of nitrogens with zero attached hydrogens (tertiary/aromatic N) is 2. The van der Waals surface area contributed by atoms with E-state index in [4.69, 9.17) is 16.3 Å². The van der Waals surface area contributed by atoms with Crippen LogP contribution in [0.15, 0.2) is 53.5 Å². The highest BCUT2D eigenvalue weighted by Gasteiger charge is 2.23. The molecule has 29 heavy (non-hydrogen) atoms. The molecule has 3 rings (SSSR count). The number of benzene rings is 2. The highest BCUT2D eigenvalue weighted by Crippen LogP contribution is 2.23. The number of guanidine groups is 1. The first kappa shape index (κ1) is 23.9. The standard InChI is InChI=1S/C21H26ClFN4O.HI/c1-24-21(25-14-16-5-7-19(23)8-6-16)26-15-20(27-9-11-28-12-10-27)17-3-2-4-18(22)13-17;/h2-8,13,20H,9-12,14-15H2,1H3,(H2,24,25,26);1H. The van der Waals surface area contributed by atoms with Gasteiger partial charge in [0.05, 0.1) is 19.3 Å². The van der Waals surface area contributed by atoms with E-state index in [0.717, 1.165) is 42.5 Å². The van der Waals surface area contributed by atoms with Crippen molar-refractivity contribution in [3.8, 4) is 0 Å². The fourth-order valence-electron chi connectivity index (χ4n) is 3.26. The molecular weight excluding hydrogens is 506 g/mol. The van der Waals surface area contributed by atoms with Crippen LogP contribution in [0, 0.1) is 5.82 Å². The fourth-order valence-corrected chi connectivity index (χ4v) is 3.46. The number of hydrogen-bond donors (Lipinski definition) is 2. The van der Waals surface area contributed by atoms with Gasteiger partial charge >= 0.3 is 0 Å². The molecule has 1 aliphatic heterocycles. The van der Waals surface area contributed by atoms with Crippen LogP contribution in [0.3, 0.4) is 0 Å². The largest absolute Gasteiger partial charge is 0.379 e. The molecule has 0 radical (unpaired) electrons. The van der Waals surface area contributed by atoms with E-state index >= 15 is 0 Å². The number of morpholine rings is 1. The number of hydrogen-bond acceptors (Lipinski definition) is 3. The Morgan fingerprint density at radius 1 is 1.17 bits per heavy atom. The number of halogens is 3. The molecule has 1 fully saturated rings. The van der Waals surface area contributed by atoms with Crippen molar-refractivity contribution in [1.29, 1.82) is 0 Å². The summed E-state index contributed by atoms with van der Waals surface area (Å²) in [5, 5.41) is 7.41. The minimum absolute atomic E-state index is 0. The molecule has 2 N–H and O–H groups in total. The summed E-state index contributed by atoms with van der Waals surface area (Å²) in [6, 6.07) is 14.6. The van der Waals surface area contributed by atoms with Crippen molar-refractivity contribution >= 4 is 41.5 Å². The highest BCUT2D eigenvalue weighted by molar-refractivity contribution is 14.0. The van der Waals surface area contributed by atoms with Gasteiger partial charge in [-0.15, -0.1) is 24.0 Å². The van der Waals surface area contributed by atoms with Gasteiger partial charge in [-0.2, -0.15) is 0 Å². The van der Waals surface area contributed by atoms with Crippen LogP contribution in [0.25, 0.3) is 0 Å². The van der Waals surface area contributed by atoms with Gasteiger partial charge in [-0.25, -0.2) is 4.39 Å². The fraction of sp³-hybridized carbons (Fsp3) is 0.381. The van der Waals surface area contributed by atoms with Crippen molar-refractivity contribution in [3.05, 3.63) is 70.5 Å². The van der Waals surface area contributed by atoms with Crippen LogP contribution in [0.2, 0.25) is 5.02 Å². The Labute approximate surface area is 193 Å². The summed E-state index contributed by atoms with van der Waals surface area (Å²) in [6.07, 6.45) is 0. The summed E-state index contributed by atoms with van der Waals surface area (Å²) in [4.78, 5) is 6.70. The average molecular weight is 533 g/mol. The monoisotopic (exact) mass is 532 g/mol. The van der Waals surface area contributed by atoms with Crippen LogP contribution in [0.5, 0.6) is 0 Å². The lowest BCUT2D eigenvalue weighted by molar-refractivity contribution is 0.0170. The lowest BCUT2D eigenvalue weighted by atomic mass is 10.0. The second-order valence-corrected chi connectivity index (χ2v) is 7.09. The van der Waals surface area contributed by atoms with Gasteiger partial charge in [0.25, 0.3) is 0 Å². The van der Waals surface area contributed by atoms with E-state index in [2.05, 4.69) is 26.6 Å². The quantitative estimate of drug-likeness (QED) is 0.337. The Balaban J connectivity index is 0.00000300. The van der Waals surface area contributed by atoms with Gasteiger partial charge < -0.3 is 15.4 Å². The van der Waals surface area contributed by atoms with Gasteiger partial charge in [0.1, 0.15) is 5.82 Å². The van der Waals surface area contributed by atoms with Gasteiger partial charge in [0, 0.05) is 38.2 Å². The predicted octanol–water partition coefficient (Wildman–Crippen LogP) is 3.84. The van der Waals surface area contributed by atoms with Crippen molar-refractivity contribution in [3.63, 3.8) is 0 Å². The zero-order valence-corrected chi connectivity index (χ0v) is 19.5. The second kappa shape index (κ2) is 12.3. The van der Waals surface area contributed by atoms with E-state index in [1.165, 1.54) is 12.1 Å². The van der Waals surface area contributed by atoms with Crippen LogP contribution in [0.4, 0.5) is 4.39 Å². The number of aliphatic imine (C=N–C) groups is 1. The van der Waals surface area contributed by atoms with Crippen molar-refractivity contribution < 1.29 is 9.13 Å². The molecule has 2 aromatic rings. The maximum atomic E-state index is 13.0. The van der Waals surface area contributed by atoms with Crippen molar-refractivity contribution in [1.82, 2.24) is 15.5 Å². The van der Waals surface area contributed by atoms with E-state index in [1.54, 1.807) is 19.2 Å². The first-order valence-electron chi connectivity index (χ1n) is 9.42. The predicted molar refractivity (Wildman–Crippen MR) is 127 cm³/mol. The Morgan fingerprint density at radius 2 is 1.90 bits per heavy atom. The maximum absolute atomic E-state index is 13.0. The van der Waals surface area contributed by atoms with Crippen LogP contribution < -0.4 is 10.6 Å². The third kappa shape index (κ3) is 7.40. The molecular formula is C21H27ClFIN4O. The van der Waals surface area contributed by atoms with E-state index in [-0.39, 0.29) is 35.8 Å². The lowest BCUT2D eigenvalue weighted by Crippen LogP contribution is -2.46. The molecule has 1 heterocycles. The van der Waals surface area contributed by atoms with Gasteiger partial charge in [-0.1, -0.05) is 35.9 Å². The molecule has 0 bridgehead atoms. The molecule has 1 unspecified atom stereocenters. The first-order chi connectivity index (χ1) is 13.7. The second-order valence-electron chi connectivity index (χ2n) is 6.65. The zero-order valence-electron chi connectivity index (χ0n) is 16.4. The smallest absolute Gasteiger partial charge is 0.191 e. The lowest BCUT2D eigenvalue weighted by Gasteiger charge is -2.35. The van der Waals surface area contributed by atoms with Gasteiger partial charge in [0.2, 0.25) is 0 Å². The van der Waals surface area contributed by atoms with Crippen LogP contribution in [-0.2, 0) is 11.3 Å². The molecule has 0 spiro atoms. The topological polar surface area (TPSA) is 48.9 Å². The van der Waals surface area contributed by atoms with Crippen LogP contribution in [-0.4, -0.2) is 50.8 Å². The average Bonchev–Trinajstić information content (AvgIpc) is 2.72. The summed E-state index contributed by atoms with van der Waals surface area (Å²) >= 11 is 6.22. The Kier molecular flexibility index (Phi) is 10.1. The molecule has 158 valence electrons. The minimum Gasteiger partial charge on any atom is -0.379 e. The maximum Gasteiger partial charge on any atom is 0.191 e. The molecule has 0 aromatic heterocycles. The van der Waals surface area contributed by atoms with Crippen molar-refractivity contribution in [2.45, 2.75) is 12.6 Å². The molecule has 1 aliphatic rings. The Morgan fingerprint density at radius 3 is 2.55 bits per heavy atom. The van der Waals surface area contributed by atoms with Gasteiger partial charge in [0.15, 0.2) is 5.96 Å². The summed E-state index contributed by atoms with van der Waals surface area (Å²) in [6.45, 7) is 4.47. The third-order valence-electron chi connectivity index (χ3n) is 4.78. The number of rotatable bonds is 6. The zero-order chi connectivity index (χ0) is 19.8. The van der Waals surface area contributed by atoms with E-state index in [9.17, 15) is 4.39 Å². The minimum atomic E-state index is -0.235. The van der Waals surface area contributed by atoms with E-state index < -0.39 is 0 Å². The Hall–Kier alpha value is -1.42. The number of nitrogens with one attached hydrogen (secondary N) is 2. The molecule has 1 atom stereocenters. The Bertz CT molecular complexity index is 785. The first-order valence-corrected chi connectivity index (χ1v) is 9.80. The third-order valence-corrected chi connectivity index (χ3v) is 5.01. The van der Waals surface area contributed by atoms with Gasteiger partial charge in [-0.3, -0.25) is 9.89 Å². The number of ether oxygens (including phenoxy) is 1. The molecule has 5 nitrogen and oxygen atoms in total. The molecule has 0 saturated carbocycles. The van der Waals surface area contributed by atoms with E-state index in [0.29, 0.717) is 19.0 Å². The molecule has 2 aromatic carbocycles. The molecule has 1 saturated heterocycles. The summed E-state index contributed by atoms with van der Waals surface area (Å²) in [5.74, 6) is 0.464. The molecule has 0 amide bonds. The molecule has 8 heteroatoms. The highest BCUT2D eigenvalue weighted by atomic mass is 127. The summed E-state index contributed by atoms with van der Waals surface area (Å²) in [7, 11) is 1.74. The van der Waals surface area contributed by atoms with Gasteiger partial charge in [-0.05, 0) is 35.4 Å².